The van der Waals surface area contributed by atoms with Gasteiger partial charge in [0.05, 0.1) is 55.1 Å². The van der Waals surface area contributed by atoms with E-state index < -0.39 is 18.0 Å². The van der Waals surface area contributed by atoms with Gasteiger partial charge in [-0.15, -0.1) is 11.8 Å². The number of aliphatic hydroxyl groups is 1. The van der Waals surface area contributed by atoms with E-state index in [1.54, 1.807) is 25.9 Å². The van der Waals surface area contributed by atoms with E-state index in [9.17, 15) is 24.6 Å². The van der Waals surface area contributed by atoms with Crippen molar-refractivity contribution in [2.75, 3.05) is 34.2 Å². The number of thioether (sulfide) groups is 1. The van der Waals surface area contributed by atoms with Gasteiger partial charge in [-0.3, -0.25) is 9.59 Å². The van der Waals surface area contributed by atoms with Crippen molar-refractivity contribution in [2.24, 2.45) is 11.8 Å². The number of carboxylic acid groups (broad SMARTS) is 1. The van der Waals surface area contributed by atoms with Crippen molar-refractivity contribution in [3.05, 3.63) is 10.6 Å². The number of hydrogen-bond acceptors (Lipinski definition) is 6. The number of quaternary nitrogens is 1. The Balaban J connectivity index is 1.87. The maximum atomic E-state index is 12.7. The quantitative estimate of drug-likeness (QED) is 0.443. The third kappa shape index (κ3) is 3.37. The summed E-state index contributed by atoms with van der Waals surface area (Å²) in [6, 6.07) is -0.509. The third-order valence-electron chi connectivity index (χ3n) is 6.90. The van der Waals surface area contributed by atoms with E-state index in [2.05, 4.69) is 14.0 Å². The van der Waals surface area contributed by atoms with Crippen molar-refractivity contribution in [1.29, 1.82) is 0 Å². The number of β-lactam (4-membered cyclic amide) rings is 1. The van der Waals surface area contributed by atoms with Crippen molar-refractivity contribution in [2.45, 2.75) is 50.6 Å². The molecule has 3 aliphatic heterocycles. The Morgan fingerprint density at radius 2 is 2.03 bits per heavy atom. The normalized spacial score (nSPS) is 37.4. The van der Waals surface area contributed by atoms with E-state index in [0.29, 0.717) is 15.8 Å². The molecular formula is C20H31N3O5S. The Kier molecular flexibility index (Phi) is 5.79. The van der Waals surface area contributed by atoms with Crippen LogP contribution in [0.15, 0.2) is 10.6 Å². The molecule has 0 aliphatic carbocycles. The van der Waals surface area contributed by atoms with E-state index in [4.69, 9.17) is 0 Å². The lowest BCUT2D eigenvalue weighted by Crippen LogP contribution is -2.64. The molecule has 9 heteroatoms. The molecule has 0 radical (unpaired) electrons. The number of carbonyl (C=O) groups excluding carboxylic acids is 3. The van der Waals surface area contributed by atoms with Crippen molar-refractivity contribution in [3.8, 4) is 0 Å². The molecule has 0 saturated carbocycles. The highest BCUT2D eigenvalue weighted by atomic mass is 32.2. The summed E-state index contributed by atoms with van der Waals surface area (Å²) >= 11 is 1.47. The molecule has 3 aliphatic rings. The summed E-state index contributed by atoms with van der Waals surface area (Å²) in [5.41, 5.74) is -0.0533. The van der Waals surface area contributed by atoms with Gasteiger partial charge in [0.1, 0.15) is 0 Å². The molecule has 0 aromatic heterocycles. The predicted octanol–water partition coefficient (Wildman–Crippen LogP) is -0.766. The van der Waals surface area contributed by atoms with Crippen LogP contribution in [0.1, 0.15) is 27.2 Å². The average molecular weight is 426 g/mol. The fraction of sp³-hybridized carbons (Fsp3) is 0.750. The molecule has 0 bridgehead atoms. The Bertz CT molecular complexity index is 767. The largest absolute Gasteiger partial charge is 0.543 e. The maximum absolute atomic E-state index is 12.7. The third-order valence-corrected chi connectivity index (χ3v) is 8.40. The monoisotopic (exact) mass is 425 g/mol. The number of amides is 2. The van der Waals surface area contributed by atoms with E-state index in [1.165, 1.54) is 16.7 Å². The van der Waals surface area contributed by atoms with Crippen molar-refractivity contribution in [1.82, 2.24) is 9.80 Å². The fourth-order valence-corrected chi connectivity index (χ4v) is 6.82. The topological polar surface area (TPSA) is 101 Å². The number of hydrogen-bond donors (Lipinski definition) is 1. The number of aliphatic hydroxyl groups excluding tert-OH is 1. The Labute approximate surface area is 176 Å². The molecule has 0 aromatic rings. The molecule has 3 rings (SSSR count). The number of likely N-dealkylation sites (tertiary alicyclic amines) is 1. The van der Waals surface area contributed by atoms with Gasteiger partial charge < -0.3 is 29.3 Å². The summed E-state index contributed by atoms with van der Waals surface area (Å²) < 4.78 is 0.610. The van der Waals surface area contributed by atoms with Gasteiger partial charge in [0.15, 0.2) is 6.04 Å². The summed E-state index contributed by atoms with van der Waals surface area (Å²) in [6.45, 7) is 7.09. The number of nitrogens with zero attached hydrogens (tertiary/aromatic N) is 3. The predicted molar refractivity (Wildman–Crippen MR) is 107 cm³/mol. The lowest BCUT2D eigenvalue weighted by molar-refractivity contribution is -0.910. The smallest absolute Gasteiger partial charge is 0.280 e. The lowest BCUT2D eigenvalue weighted by atomic mass is 9.79. The van der Waals surface area contributed by atoms with E-state index in [-0.39, 0.29) is 40.8 Å². The van der Waals surface area contributed by atoms with Crippen LogP contribution in [-0.4, -0.2) is 94.8 Å². The highest BCUT2D eigenvalue weighted by molar-refractivity contribution is 8.03. The standard InChI is InChI=1S/C20H31N3O5S/c1-7-23(6)9-12(8-13(23)18(25)21(4)5)29-17-10(2)15-14(11(3)24)19(26)22(15)16(17)20(27)28/h10-15,24H,7-9H2,1-6H3/t10-,11-,12+,13+,14-,15-,23?/m1/s1. The number of carbonyl (C=O) groups is 3. The molecule has 29 heavy (non-hydrogen) atoms. The summed E-state index contributed by atoms with van der Waals surface area (Å²) in [7, 11) is 5.58. The van der Waals surface area contributed by atoms with Gasteiger partial charge in [-0.1, -0.05) is 6.92 Å². The molecule has 3 heterocycles. The highest BCUT2D eigenvalue weighted by Crippen LogP contribution is 2.52. The zero-order valence-electron chi connectivity index (χ0n) is 17.9. The van der Waals surface area contributed by atoms with Crippen LogP contribution >= 0.6 is 11.8 Å². The fourth-order valence-electron chi connectivity index (χ4n) is 5.12. The zero-order chi connectivity index (χ0) is 21.8. The minimum atomic E-state index is -1.36. The van der Waals surface area contributed by atoms with Crippen LogP contribution < -0.4 is 5.11 Å². The van der Waals surface area contributed by atoms with Crippen LogP contribution in [0.4, 0.5) is 0 Å². The number of fused-ring (bicyclic) bond motifs is 1. The molecule has 1 N–H and O–H groups in total. The number of rotatable bonds is 6. The molecule has 0 spiro atoms. The van der Waals surface area contributed by atoms with Gasteiger partial charge in [0, 0.05) is 31.3 Å². The molecule has 0 aromatic carbocycles. The maximum Gasteiger partial charge on any atom is 0.280 e. The van der Waals surface area contributed by atoms with Crippen LogP contribution in [0.25, 0.3) is 0 Å². The Morgan fingerprint density at radius 3 is 2.52 bits per heavy atom. The number of carboxylic acids is 1. The minimum Gasteiger partial charge on any atom is -0.543 e. The average Bonchev–Trinajstić information content (AvgIpc) is 3.08. The summed E-state index contributed by atoms with van der Waals surface area (Å²) in [5, 5.41) is 21.9. The van der Waals surface area contributed by atoms with Gasteiger partial charge >= 0.3 is 0 Å². The molecular weight excluding hydrogens is 394 g/mol. The minimum absolute atomic E-state index is 0.0533. The van der Waals surface area contributed by atoms with E-state index in [0.717, 1.165) is 13.1 Å². The van der Waals surface area contributed by atoms with Crippen molar-refractivity contribution < 1.29 is 29.1 Å². The first-order valence-corrected chi connectivity index (χ1v) is 11.0. The van der Waals surface area contributed by atoms with Crippen LogP contribution in [0.2, 0.25) is 0 Å². The molecule has 2 amide bonds. The summed E-state index contributed by atoms with van der Waals surface area (Å²) in [5.74, 6) is -2.40. The second-order valence-corrected chi connectivity index (χ2v) is 10.3. The van der Waals surface area contributed by atoms with Crippen LogP contribution in [0, 0.1) is 11.8 Å². The van der Waals surface area contributed by atoms with Crippen molar-refractivity contribution >= 4 is 29.5 Å². The van der Waals surface area contributed by atoms with Gasteiger partial charge in [0.25, 0.3) is 5.91 Å². The Morgan fingerprint density at radius 1 is 1.41 bits per heavy atom. The number of aliphatic carboxylic acids is 1. The highest BCUT2D eigenvalue weighted by Gasteiger charge is 2.59. The van der Waals surface area contributed by atoms with Crippen LogP contribution in [0.3, 0.4) is 0 Å². The van der Waals surface area contributed by atoms with Gasteiger partial charge in [-0.05, 0) is 13.8 Å². The summed E-state index contributed by atoms with van der Waals surface area (Å²) in [6.07, 6.45) is -0.173. The van der Waals surface area contributed by atoms with Crippen LogP contribution in [0.5, 0.6) is 0 Å². The van der Waals surface area contributed by atoms with E-state index >= 15 is 0 Å². The second-order valence-electron chi connectivity index (χ2n) is 8.96. The molecule has 162 valence electrons. The van der Waals surface area contributed by atoms with Gasteiger partial charge in [-0.2, -0.15) is 0 Å². The molecule has 2 saturated heterocycles. The lowest BCUT2D eigenvalue weighted by Gasteiger charge is -2.47. The van der Waals surface area contributed by atoms with Crippen molar-refractivity contribution in [3.63, 3.8) is 0 Å². The zero-order valence-corrected chi connectivity index (χ0v) is 18.7. The first-order valence-electron chi connectivity index (χ1n) is 10.1. The molecule has 7 atom stereocenters. The summed E-state index contributed by atoms with van der Waals surface area (Å²) in [4.78, 5) is 40.6. The van der Waals surface area contributed by atoms with Gasteiger partial charge in [0.2, 0.25) is 5.91 Å². The van der Waals surface area contributed by atoms with E-state index in [1.807, 2.05) is 6.92 Å². The SMILES string of the molecule is CC[N+]1(C)C[C@@H](SC2=C(C(=O)[O-])N3C(=O)[C@H]([C@@H](C)O)[C@H]3[C@H]2C)C[C@H]1C(=O)N(C)C. The molecule has 8 nitrogen and oxygen atoms in total. The Hall–Kier alpha value is -1.58. The first kappa shape index (κ1) is 22.1. The molecule has 1 unspecified atom stereocenters. The number of likely N-dealkylation sites (N-methyl/N-ethyl adjacent to an activating group) is 2. The second kappa shape index (κ2) is 7.59. The molecule has 2 fully saturated rings. The first-order chi connectivity index (χ1) is 13.4. The van der Waals surface area contributed by atoms with Gasteiger partial charge in [-0.25, -0.2) is 0 Å². The van der Waals surface area contributed by atoms with Crippen LogP contribution in [-0.2, 0) is 14.4 Å².